The predicted molar refractivity (Wildman–Crippen MR) is 152 cm³/mol. The summed E-state index contributed by atoms with van der Waals surface area (Å²) >= 11 is 14.1. The fraction of sp³-hybridized carbons (Fsp3) is 0.464. The first-order valence-electron chi connectivity index (χ1n) is 13.0. The van der Waals surface area contributed by atoms with Crippen LogP contribution in [-0.4, -0.2) is 60.3 Å². The van der Waals surface area contributed by atoms with Gasteiger partial charge in [0.05, 0.1) is 65.7 Å². The van der Waals surface area contributed by atoms with E-state index in [4.69, 9.17) is 32.7 Å². The molecule has 2 fully saturated rings. The molecule has 7 nitrogen and oxygen atoms in total. The number of halogens is 3. The largest absolute Gasteiger partial charge is 0.469 e. The fourth-order valence-electron chi connectivity index (χ4n) is 5.32. The number of alkyl halides is 1. The maximum atomic E-state index is 14.3. The minimum atomic E-state index is -1.07. The first-order chi connectivity index (χ1) is 18.8. The quantitative estimate of drug-likeness (QED) is 0.297. The lowest BCUT2D eigenvalue weighted by atomic mass is 9.87. The first kappa shape index (κ1) is 28.1. The zero-order valence-electron chi connectivity index (χ0n) is 21.5. The van der Waals surface area contributed by atoms with Gasteiger partial charge in [-0.1, -0.05) is 40.6 Å². The molecule has 2 atom stereocenters. The lowest BCUT2D eigenvalue weighted by molar-refractivity contribution is -0.148. The van der Waals surface area contributed by atoms with Crippen molar-refractivity contribution in [2.24, 2.45) is 5.92 Å². The van der Waals surface area contributed by atoms with E-state index in [9.17, 15) is 14.0 Å². The van der Waals surface area contributed by atoms with E-state index in [2.05, 4.69) is 10.3 Å². The molecule has 0 radical (unpaired) electrons. The average Bonchev–Trinajstić information content (AvgIpc) is 3.50. The molecule has 39 heavy (non-hydrogen) atoms. The van der Waals surface area contributed by atoms with Gasteiger partial charge in [-0.2, -0.15) is 0 Å². The van der Waals surface area contributed by atoms with Gasteiger partial charge in [-0.05, 0) is 61.6 Å². The number of nitrogens with one attached hydrogen (secondary N) is 1. The van der Waals surface area contributed by atoms with E-state index in [0.717, 1.165) is 41.5 Å². The molecule has 1 aliphatic heterocycles. The van der Waals surface area contributed by atoms with E-state index in [-0.39, 0.29) is 55.9 Å². The first-order valence-corrected chi connectivity index (χ1v) is 14.6. The summed E-state index contributed by atoms with van der Waals surface area (Å²) in [6.07, 6.45) is 2.26. The number of rotatable bonds is 8. The van der Waals surface area contributed by atoms with Crippen molar-refractivity contribution in [3.05, 3.63) is 52.0 Å². The number of hydrogen-bond donors (Lipinski definition) is 1. The molecule has 2 aliphatic rings. The number of ether oxygens (including phenoxy) is 2. The monoisotopic (exact) mass is 593 g/mol. The van der Waals surface area contributed by atoms with Gasteiger partial charge in [-0.15, -0.1) is 0 Å². The van der Waals surface area contributed by atoms with Crippen molar-refractivity contribution in [1.29, 1.82) is 0 Å². The van der Waals surface area contributed by atoms with E-state index in [1.54, 1.807) is 17.0 Å². The summed E-state index contributed by atoms with van der Waals surface area (Å²) in [6, 6.07) is 10.6. The van der Waals surface area contributed by atoms with Crippen molar-refractivity contribution in [3.8, 4) is 0 Å². The van der Waals surface area contributed by atoms with Crippen molar-refractivity contribution >= 4 is 67.5 Å². The van der Waals surface area contributed by atoms with E-state index in [1.165, 1.54) is 18.4 Å². The summed E-state index contributed by atoms with van der Waals surface area (Å²) in [5.41, 5.74) is 2.26. The number of nitrogens with zero attached hydrogens (tertiary/aromatic N) is 2. The number of thiazole rings is 1. The highest BCUT2D eigenvalue weighted by atomic mass is 35.5. The molecule has 2 aromatic carbocycles. The number of carbonyl (C=O) groups excluding carboxylic acids is 2. The van der Waals surface area contributed by atoms with Crippen molar-refractivity contribution in [2.45, 2.75) is 56.8 Å². The van der Waals surface area contributed by atoms with Crippen molar-refractivity contribution < 1.29 is 23.5 Å². The number of anilines is 2. The van der Waals surface area contributed by atoms with Gasteiger partial charge in [-0.3, -0.25) is 9.59 Å². The van der Waals surface area contributed by atoms with Crippen molar-refractivity contribution in [3.63, 3.8) is 0 Å². The van der Waals surface area contributed by atoms with Crippen LogP contribution in [0, 0.1) is 5.92 Å². The third kappa shape index (κ3) is 6.82. The van der Waals surface area contributed by atoms with E-state index < -0.39 is 6.17 Å². The molecule has 208 valence electrons. The van der Waals surface area contributed by atoms with Crippen molar-refractivity contribution in [1.82, 2.24) is 9.88 Å². The Hall–Kier alpha value is -2.46. The second-order valence-electron chi connectivity index (χ2n) is 10.1. The van der Waals surface area contributed by atoms with Crippen LogP contribution in [0.3, 0.4) is 0 Å². The summed E-state index contributed by atoms with van der Waals surface area (Å²) in [4.78, 5) is 31.1. The van der Waals surface area contributed by atoms with Crippen LogP contribution in [-0.2, 0) is 25.5 Å². The second-order valence-corrected chi connectivity index (χ2v) is 12.0. The number of methoxy groups -OCH3 is 1. The molecule has 1 aliphatic carbocycles. The van der Waals surface area contributed by atoms with Gasteiger partial charge in [0.25, 0.3) is 0 Å². The summed E-state index contributed by atoms with van der Waals surface area (Å²) < 4.78 is 26.2. The minimum absolute atomic E-state index is 0.00721. The van der Waals surface area contributed by atoms with Crippen LogP contribution < -0.4 is 5.32 Å². The Morgan fingerprint density at radius 1 is 1.15 bits per heavy atom. The third-order valence-electron chi connectivity index (χ3n) is 7.40. The molecule has 1 N–H and O–H groups in total. The van der Waals surface area contributed by atoms with Gasteiger partial charge < -0.3 is 19.7 Å². The number of esters is 1. The third-order valence-corrected chi connectivity index (χ3v) is 8.88. The van der Waals surface area contributed by atoms with Crippen LogP contribution in [0.15, 0.2) is 36.4 Å². The molecule has 0 bridgehead atoms. The Balaban J connectivity index is 1.16. The molecule has 3 aromatic rings. The molecular weight excluding hydrogens is 564 g/mol. The molecule has 1 saturated heterocycles. The zero-order chi connectivity index (χ0) is 27.5. The molecule has 1 amide bonds. The summed E-state index contributed by atoms with van der Waals surface area (Å²) in [5.74, 6) is -0.409. The summed E-state index contributed by atoms with van der Waals surface area (Å²) in [5, 5.41) is 5.03. The lowest BCUT2D eigenvalue weighted by Gasteiger charge is -2.30. The fourth-order valence-corrected chi connectivity index (χ4v) is 6.72. The molecule has 1 saturated carbocycles. The highest BCUT2D eigenvalue weighted by molar-refractivity contribution is 7.22. The van der Waals surface area contributed by atoms with Gasteiger partial charge >= 0.3 is 5.97 Å². The number of hydrogen-bond acceptors (Lipinski definition) is 7. The number of benzene rings is 2. The van der Waals surface area contributed by atoms with E-state index in [1.807, 2.05) is 24.3 Å². The molecular formula is C28H30Cl2FN3O4S. The molecule has 0 unspecified atom stereocenters. The van der Waals surface area contributed by atoms with Crippen LogP contribution in [0.5, 0.6) is 0 Å². The highest BCUT2D eigenvalue weighted by Gasteiger charge is 2.36. The predicted octanol–water partition coefficient (Wildman–Crippen LogP) is 6.58. The van der Waals surface area contributed by atoms with Crippen molar-refractivity contribution in [2.75, 3.05) is 25.6 Å². The zero-order valence-corrected chi connectivity index (χ0v) is 23.8. The topological polar surface area (TPSA) is 80.8 Å². The minimum Gasteiger partial charge on any atom is -0.469 e. The molecule has 0 spiro atoms. The maximum absolute atomic E-state index is 14.3. The van der Waals surface area contributed by atoms with Crippen LogP contribution in [0.25, 0.3) is 10.2 Å². The number of fused-ring (bicyclic) bond motifs is 1. The van der Waals surface area contributed by atoms with Gasteiger partial charge in [0, 0.05) is 11.4 Å². The lowest BCUT2D eigenvalue weighted by Crippen LogP contribution is -2.40. The Labute approximate surface area is 240 Å². The second kappa shape index (κ2) is 12.4. The molecule has 5 rings (SSSR count). The molecule has 2 heterocycles. The smallest absolute Gasteiger partial charge is 0.308 e. The van der Waals surface area contributed by atoms with Gasteiger partial charge in [-0.25, -0.2) is 9.37 Å². The summed E-state index contributed by atoms with van der Waals surface area (Å²) in [7, 11) is 1.41. The van der Waals surface area contributed by atoms with Gasteiger partial charge in [0.15, 0.2) is 5.13 Å². The number of likely N-dealkylation sites (tertiary alicyclic amines) is 1. The summed E-state index contributed by atoms with van der Waals surface area (Å²) in [6.45, 7) is 0.355. The van der Waals surface area contributed by atoms with Crippen LogP contribution >= 0.6 is 34.5 Å². The Bertz CT molecular complexity index is 1350. The van der Waals surface area contributed by atoms with E-state index in [0.29, 0.717) is 20.9 Å². The Morgan fingerprint density at radius 2 is 1.95 bits per heavy atom. The maximum Gasteiger partial charge on any atom is 0.308 e. The standard InChI is InChI=1S/C28H30Cl2FN3O4S/c1-37-27(36)17-3-6-21(7-4-17)38-15-20-13-19(31)14-34(20)26(35)11-16-2-8-23(22(30)10-16)32-28-33-24-9-5-18(29)12-25(24)39-28/h2,5,8-10,12,17,19-21H,3-4,6-7,11,13-15H2,1H3,(H,32,33)/t17-,19-,20-,21-/m0/s1. The Morgan fingerprint density at radius 3 is 2.69 bits per heavy atom. The van der Waals surface area contributed by atoms with Gasteiger partial charge in [0.1, 0.15) is 6.17 Å². The normalized spacial score (nSPS) is 23.2. The number of aromatic nitrogens is 1. The number of amides is 1. The molecule has 11 heteroatoms. The van der Waals surface area contributed by atoms with Crippen LogP contribution in [0.4, 0.5) is 15.2 Å². The number of carbonyl (C=O) groups is 2. The SMILES string of the molecule is COC(=O)[C@H]1CC[C@H](OC[C@@H]2C[C@H](F)CN2C(=O)Cc2ccc(Nc3nc4ccc(Cl)cc4s3)c(Cl)c2)CC1. The van der Waals surface area contributed by atoms with Crippen LogP contribution in [0.2, 0.25) is 10.0 Å². The van der Waals surface area contributed by atoms with E-state index >= 15 is 0 Å². The average molecular weight is 595 g/mol. The van der Waals surface area contributed by atoms with Crippen LogP contribution in [0.1, 0.15) is 37.7 Å². The molecule has 1 aromatic heterocycles. The highest BCUT2D eigenvalue weighted by Crippen LogP contribution is 2.33. The Kier molecular flexibility index (Phi) is 8.91. The van der Waals surface area contributed by atoms with Gasteiger partial charge in [0.2, 0.25) is 5.91 Å².